The molecule has 0 spiro atoms. The number of hydrogen-bond donors (Lipinski definition) is 1. The summed E-state index contributed by atoms with van der Waals surface area (Å²) in [5.41, 5.74) is 2.12. The highest BCUT2D eigenvalue weighted by Crippen LogP contribution is 2.27. The second-order valence-electron chi connectivity index (χ2n) is 5.15. The van der Waals surface area contributed by atoms with Crippen LogP contribution in [0.2, 0.25) is 0 Å². The molecule has 20 heavy (non-hydrogen) atoms. The van der Waals surface area contributed by atoms with Crippen molar-refractivity contribution in [2.75, 3.05) is 6.54 Å². The van der Waals surface area contributed by atoms with Gasteiger partial charge in [-0.05, 0) is 31.4 Å². The molecule has 0 heterocycles. The Morgan fingerprint density at radius 1 is 1.40 bits per heavy atom. The molecule has 0 bridgehead atoms. The van der Waals surface area contributed by atoms with Crippen LogP contribution in [0.1, 0.15) is 30.4 Å². The fourth-order valence-corrected chi connectivity index (χ4v) is 2.11. The van der Waals surface area contributed by atoms with E-state index in [1.807, 2.05) is 31.2 Å². The van der Waals surface area contributed by atoms with Gasteiger partial charge in [-0.2, -0.15) is 0 Å². The Balaban J connectivity index is 1.99. The Kier molecular flexibility index (Phi) is 4.56. The maximum absolute atomic E-state index is 12.1. The van der Waals surface area contributed by atoms with Gasteiger partial charge in [-0.1, -0.05) is 29.8 Å². The number of carboxylic acid groups (broad SMARTS) is 1. The molecule has 1 aliphatic carbocycles. The SMILES string of the molecule is Cc1cccc(/C=C/C(=O)N(CCC(=O)O)C2CC2)c1. The van der Waals surface area contributed by atoms with Crippen molar-refractivity contribution in [1.29, 1.82) is 0 Å². The molecule has 1 amide bonds. The molecular weight excluding hydrogens is 254 g/mol. The van der Waals surface area contributed by atoms with Crippen molar-refractivity contribution in [3.05, 3.63) is 41.5 Å². The minimum atomic E-state index is -0.869. The summed E-state index contributed by atoms with van der Waals surface area (Å²) < 4.78 is 0. The zero-order valence-electron chi connectivity index (χ0n) is 11.6. The van der Waals surface area contributed by atoms with E-state index < -0.39 is 5.97 Å². The van der Waals surface area contributed by atoms with E-state index in [2.05, 4.69) is 0 Å². The Hall–Kier alpha value is -2.10. The number of aliphatic carboxylic acids is 1. The molecule has 4 nitrogen and oxygen atoms in total. The zero-order valence-corrected chi connectivity index (χ0v) is 11.6. The minimum Gasteiger partial charge on any atom is -0.481 e. The molecule has 0 unspecified atom stereocenters. The van der Waals surface area contributed by atoms with Crippen molar-refractivity contribution < 1.29 is 14.7 Å². The van der Waals surface area contributed by atoms with E-state index in [-0.39, 0.29) is 24.9 Å². The molecule has 1 aliphatic rings. The summed E-state index contributed by atoms with van der Waals surface area (Å²) in [4.78, 5) is 24.4. The lowest BCUT2D eigenvalue weighted by Gasteiger charge is -2.19. The van der Waals surface area contributed by atoms with Crippen molar-refractivity contribution in [3.8, 4) is 0 Å². The number of rotatable bonds is 6. The predicted molar refractivity (Wildman–Crippen MR) is 77.2 cm³/mol. The maximum atomic E-state index is 12.1. The molecule has 106 valence electrons. The molecule has 1 saturated carbocycles. The monoisotopic (exact) mass is 273 g/mol. The summed E-state index contributed by atoms with van der Waals surface area (Å²) in [7, 11) is 0. The molecule has 4 heteroatoms. The number of benzene rings is 1. The van der Waals surface area contributed by atoms with Crippen LogP contribution in [-0.4, -0.2) is 34.5 Å². The van der Waals surface area contributed by atoms with E-state index in [4.69, 9.17) is 5.11 Å². The Labute approximate surface area is 118 Å². The molecule has 0 aromatic heterocycles. The van der Waals surface area contributed by atoms with Gasteiger partial charge in [-0.25, -0.2) is 0 Å². The van der Waals surface area contributed by atoms with E-state index in [1.165, 1.54) is 6.08 Å². The summed E-state index contributed by atoms with van der Waals surface area (Å²) in [6.07, 6.45) is 5.27. The first-order chi connectivity index (χ1) is 9.56. The quantitative estimate of drug-likeness (QED) is 0.810. The van der Waals surface area contributed by atoms with Gasteiger partial charge < -0.3 is 10.0 Å². The number of amides is 1. The molecule has 0 saturated heterocycles. The summed E-state index contributed by atoms with van der Waals surface area (Å²) in [5.74, 6) is -0.971. The minimum absolute atomic E-state index is 0.000521. The largest absolute Gasteiger partial charge is 0.481 e. The van der Waals surface area contributed by atoms with E-state index in [9.17, 15) is 9.59 Å². The van der Waals surface area contributed by atoms with Crippen molar-refractivity contribution in [1.82, 2.24) is 4.90 Å². The molecule has 0 atom stereocenters. The summed E-state index contributed by atoms with van der Waals surface area (Å²) in [6, 6.07) is 8.12. The van der Waals surface area contributed by atoms with Crippen molar-refractivity contribution in [3.63, 3.8) is 0 Å². The highest BCUT2D eigenvalue weighted by atomic mass is 16.4. The van der Waals surface area contributed by atoms with E-state index in [0.717, 1.165) is 24.0 Å². The Bertz CT molecular complexity index is 532. The average molecular weight is 273 g/mol. The number of carboxylic acids is 1. The number of aryl methyl sites for hydroxylation is 1. The van der Waals surface area contributed by atoms with Crippen molar-refractivity contribution in [2.24, 2.45) is 0 Å². The van der Waals surface area contributed by atoms with Crippen LogP contribution in [0.3, 0.4) is 0 Å². The maximum Gasteiger partial charge on any atom is 0.305 e. The van der Waals surface area contributed by atoms with Crippen LogP contribution in [0.4, 0.5) is 0 Å². The first-order valence-electron chi connectivity index (χ1n) is 6.83. The van der Waals surface area contributed by atoms with E-state index in [1.54, 1.807) is 11.0 Å². The smallest absolute Gasteiger partial charge is 0.305 e. The molecule has 2 rings (SSSR count). The van der Waals surface area contributed by atoms with E-state index >= 15 is 0 Å². The molecule has 1 aromatic rings. The third kappa shape index (κ3) is 4.23. The molecule has 0 aliphatic heterocycles. The lowest BCUT2D eigenvalue weighted by molar-refractivity contribution is -0.138. The Morgan fingerprint density at radius 3 is 2.75 bits per heavy atom. The molecule has 0 radical (unpaired) electrons. The second-order valence-corrected chi connectivity index (χ2v) is 5.15. The molecular formula is C16H19NO3. The summed E-state index contributed by atoms with van der Waals surface area (Å²) in [5, 5.41) is 8.73. The van der Waals surface area contributed by atoms with Crippen LogP contribution in [-0.2, 0) is 9.59 Å². The number of nitrogens with zero attached hydrogens (tertiary/aromatic N) is 1. The van der Waals surface area contributed by atoms with Gasteiger partial charge in [0.05, 0.1) is 6.42 Å². The average Bonchev–Trinajstić information content (AvgIpc) is 3.21. The lowest BCUT2D eigenvalue weighted by atomic mass is 10.1. The standard InChI is InChI=1S/C16H19NO3/c1-12-3-2-4-13(11-12)5-8-15(18)17(14-6-7-14)10-9-16(19)20/h2-5,8,11,14H,6-7,9-10H2,1H3,(H,19,20)/b8-5+. The number of hydrogen-bond acceptors (Lipinski definition) is 2. The zero-order chi connectivity index (χ0) is 14.5. The van der Waals surface area contributed by atoms with Crippen molar-refractivity contribution >= 4 is 18.0 Å². The van der Waals surface area contributed by atoms with E-state index in [0.29, 0.717) is 0 Å². The molecule has 1 N–H and O–H groups in total. The van der Waals surface area contributed by atoms with Gasteiger partial charge in [0, 0.05) is 18.7 Å². The van der Waals surface area contributed by atoms with Crippen molar-refractivity contribution in [2.45, 2.75) is 32.2 Å². The van der Waals surface area contributed by atoms with Crippen LogP contribution < -0.4 is 0 Å². The fourth-order valence-electron chi connectivity index (χ4n) is 2.11. The third-order valence-corrected chi connectivity index (χ3v) is 3.30. The van der Waals surface area contributed by atoms with Crippen LogP contribution >= 0.6 is 0 Å². The lowest BCUT2D eigenvalue weighted by Crippen LogP contribution is -2.33. The summed E-state index contributed by atoms with van der Waals surface area (Å²) >= 11 is 0. The number of carbonyl (C=O) groups is 2. The first-order valence-corrected chi connectivity index (χ1v) is 6.83. The fraction of sp³-hybridized carbons (Fsp3) is 0.375. The Morgan fingerprint density at radius 2 is 2.15 bits per heavy atom. The van der Waals surface area contributed by atoms with Gasteiger partial charge in [0.1, 0.15) is 0 Å². The van der Waals surface area contributed by atoms with Gasteiger partial charge in [-0.15, -0.1) is 0 Å². The highest BCUT2D eigenvalue weighted by molar-refractivity contribution is 5.92. The molecule has 1 aromatic carbocycles. The normalized spacial score (nSPS) is 14.4. The van der Waals surface area contributed by atoms with Gasteiger partial charge in [0.25, 0.3) is 0 Å². The van der Waals surface area contributed by atoms with Gasteiger partial charge >= 0.3 is 5.97 Å². The summed E-state index contributed by atoms with van der Waals surface area (Å²) in [6.45, 7) is 2.29. The second kappa shape index (κ2) is 6.37. The van der Waals surface area contributed by atoms with Gasteiger partial charge in [0.2, 0.25) is 5.91 Å². The topological polar surface area (TPSA) is 57.6 Å². The van der Waals surface area contributed by atoms with Gasteiger partial charge in [0.15, 0.2) is 0 Å². The number of carbonyl (C=O) groups excluding carboxylic acids is 1. The third-order valence-electron chi connectivity index (χ3n) is 3.30. The highest BCUT2D eigenvalue weighted by Gasteiger charge is 2.31. The van der Waals surface area contributed by atoms with Crippen LogP contribution in [0, 0.1) is 6.92 Å². The van der Waals surface area contributed by atoms with Gasteiger partial charge in [-0.3, -0.25) is 9.59 Å². The van der Waals surface area contributed by atoms with Crippen LogP contribution in [0.25, 0.3) is 6.08 Å². The molecule has 1 fully saturated rings. The first kappa shape index (κ1) is 14.3. The predicted octanol–water partition coefficient (Wildman–Crippen LogP) is 2.47. The van der Waals surface area contributed by atoms with Crippen LogP contribution in [0.5, 0.6) is 0 Å². The van der Waals surface area contributed by atoms with Crippen LogP contribution in [0.15, 0.2) is 30.3 Å².